The smallest absolute Gasteiger partial charge is 0.408 e. The van der Waals surface area contributed by atoms with Crippen molar-refractivity contribution in [1.29, 1.82) is 0 Å². The van der Waals surface area contributed by atoms with Gasteiger partial charge in [0.1, 0.15) is 23.0 Å². The van der Waals surface area contributed by atoms with Crippen LogP contribution in [0.4, 0.5) is 4.79 Å². The highest BCUT2D eigenvalue weighted by Crippen LogP contribution is 2.33. The molecule has 2 heterocycles. The number of carbonyl (C=O) groups is 2. The van der Waals surface area contributed by atoms with Crippen molar-refractivity contribution in [1.82, 2.24) is 10.3 Å². The average Bonchev–Trinajstić information content (AvgIpc) is 3.32. The molecule has 0 spiro atoms. The Morgan fingerprint density at radius 2 is 1.70 bits per heavy atom. The molecule has 2 N–H and O–H groups in total. The first-order valence-corrected chi connectivity index (χ1v) is 13.0. The number of nitrogens with one attached hydrogen (secondary N) is 2. The van der Waals surface area contributed by atoms with Crippen LogP contribution in [0, 0.1) is 6.92 Å². The van der Waals surface area contributed by atoms with Crippen LogP contribution in [-0.2, 0) is 16.0 Å². The van der Waals surface area contributed by atoms with Crippen LogP contribution in [0.25, 0.3) is 33.0 Å². The highest BCUT2D eigenvalue weighted by molar-refractivity contribution is 5.96. The van der Waals surface area contributed by atoms with Gasteiger partial charge >= 0.3 is 17.7 Å². The van der Waals surface area contributed by atoms with Gasteiger partial charge in [-0.05, 0) is 62.6 Å². The lowest BCUT2D eigenvalue weighted by Crippen LogP contribution is -2.46. The maximum atomic E-state index is 13.5. The van der Waals surface area contributed by atoms with Crippen LogP contribution in [0.2, 0.25) is 0 Å². The number of hydrogen-bond acceptors (Lipinski definition) is 6. The molecule has 1 amide bonds. The van der Waals surface area contributed by atoms with Crippen molar-refractivity contribution in [2.75, 3.05) is 0 Å². The van der Waals surface area contributed by atoms with Crippen LogP contribution in [0.3, 0.4) is 0 Å². The molecule has 5 aromatic rings. The first kappa shape index (κ1) is 26.7. The lowest BCUT2D eigenvalue weighted by molar-refractivity contribution is -0.136. The van der Waals surface area contributed by atoms with E-state index in [-0.39, 0.29) is 12.2 Å². The number of benzene rings is 3. The summed E-state index contributed by atoms with van der Waals surface area (Å²) in [4.78, 5) is 41.8. The van der Waals surface area contributed by atoms with Gasteiger partial charge in [-0.3, -0.25) is 0 Å². The summed E-state index contributed by atoms with van der Waals surface area (Å²) in [5.74, 6) is -0.457. The number of alkyl carbamates (subject to hydrolysis) is 1. The molecule has 204 valence electrons. The Balaban J connectivity index is 1.47. The molecule has 1 atom stereocenters. The highest BCUT2D eigenvalue weighted by Gasteiger charge is 2.28. The zero-order valence-corrected chi connectivity index (χ0v) is 22.7. The van der Waals surface area contributed by atoms with Crippen LogP contribution >= 0.6 is 0 Å². The summed E-state index contributed by atoms with van der Waals surface area (Å²) >= 11 is 0. The number of aryl methyl sites for hydroxylation is 1. The molecule has 0 aliphatic carbocycles. The second-order valence-electron chi connectivity index (χ2n) is 10.6. The van der Waals surface area contributed by atoms with Gasteiger partial charge in [-0.15, -0.1) is 0 Å². The zero-order valence-electron chi connectivity index (χ0n) is 22.7. The number of aromatic amines is 1. The Labute approximate surface area is 230 Å². The first-order chi connectivity index (χ1) is 19.1. The lowest BCUT2D eigenvalue weighted by atomic mass is 10.00. The van der Waals surface area contributed by atoms with E-state index in [0.717, 1.165) is 27.6 Å². The Bertz CT molecular complexity index is 1760. The van der Waals surface area contributed by atoms with E-state index < -0.39 is 29.3 Å². The standard InChI is InChI=1S/C32H30N2O6/c1-19-27(15-14-23-24(17-28(35)39-29(19)23)20-10-6-5-7-11-20)38-30(36)26(34-31(37)40-32(2,3)4)16-21-18-33-25-13-9-8-12-22(21)25/h5-15,17-18,26,33H,16H2,1-4H3,(H,34,37). The van der Waals surface area contributed by atoms with Gasteiger partial charge < -0.3 is 24.2 Å². The van der Waals surface area contributed by atoms with Gasteiger partial charge in [0.25, 0.3) is 0 Å². The van der Waals surface area contributed by atoms with Gasteiger partial charge in [0.15, 0.2) is 0 Å². The largest absolute Gasteiger partial charge is 0.444 e. The molecule has 0 radical (unpaired) electrons. The average molecular weight is 539 g/mol. The molecule has 0 fully saturated rings. The second-order valence-corrected chi connectivity index (χ2v) is 10.6. The van der Waals surface area contributed by atoms with Gasteiger partial charge in [-0.25, -0.2) is 14.4 Å². The van der Waals surface area contributed by atoms with E-state index in [0.29, 0.717) is 16.5 Å². The van der Waals surface area contributed by atoms with Crippen LogP contribution in [0.15, 0.2) is 88.2 Å². The molecule has 0 aliphatic rings. The Hall–Kier alpha value is -4.85. The number of esters is 1. The molecule has 3 aromatic carbocycles. The first-order valence-electron chi connectivity index (χ1n) is 13.0. The molecule has 1 unspecified atom stereocenters. The van der Waals surface area contributed by atoms with Crippen molar-refractivity contribution < 1.29 is 23.5 Å². The number of fused-ring (bicyclic) bond motifs is 2. The van der Waals surface area contributed by atoms with Gasteiger partial charge in [0.2, 0.25) is 0 Å². The number of ether oxygens (including phenoxy) is 2. The Morgan fingerprint density at radius 1 is 0.975 bits per heavy atom. The van der Waals surface area contributed by atoms with E-state index in [2.05, 4.69) is 10.3 Å². The van der Waals surface area contributed by atoms with Crippen LogP contribution < -0.4 is 15.7 Å². The van der Waals surface area contributed by atoms with E-state index in [4.69, 9.17) is 13.9 Å². The van der Waals surface area contributed by atoms with Crippen LogP contribution in [-0.4, -0.2) is 28.7 Å². The summed E-state index contributed by atoms with van der Waals surface area (Å²) in [6, 6.07) is 21.0. The van der Waals surface area contributed by atoms with Gasteiger partial charge in [0.05, 0.1) is 0 Å². The normalized spacial score (nSPS) is 12.3. The fourth-order valence-electron chi connectivity index (χ4n) is 4.65. The maximum Gasteiger partial charge on any atom is 0.408 e. The van der Waals surface area contributed by atoms with E-state index >= 15 is 0 Å². The molecular weight excluding hydrogens is 508 g/mol. The van der Waals surface area contributed by atoms with Gasteiger partial charge in [-0.1, -0.05) is 48.5 Å². The lowest BCUT2D eigenvalue weighted by Gasteiger charge is -2.23. The molecule has 2 aromatic heterocycles. The Kier molecular flexibility index (Phi) is 7.17. The summed E-state index contributed by atoms with van der Waals surface area (Å²) < 4.78 is 16.8. The molecule has 5 rings (SSSR count). The number of aromatic nitrogens is 1. The number of para-hydroxylation sites is 1. The fourth-order valence-corrected chi connectivity index (χ4v) is 4.65. The quantitative estimate of drug-likeness (QED) is 0.149. The highest BCUT2D eigenvalue weighted by atomic mass is 16.6. The third-order valence-electron chi connectivity index (χ3n) is 6.48. The summed E-state index contributed by atoms with van der Waals surface area (Å²) in [6.07, 6.45) is 1.24. The third-order valence-corrected chi connectivity index (χ3v) is 6.48. The third kappa shape index (κ3) is 5.76. The van der Waals surface area contributed by atoms with Crippen molar-refractivity contribution in [3.8, 4) is 16.9 Å². The van der Waals surface area contributed by atoms with Crippen molar-refractivity contribution in [2.45, 2.75) is 45.8 Å². The minimum atomic E-state index is -1.05. The van der Waals surface area contributed by atoms with Gasteiger partial charge in [0, 0.05) is 40.5 Å². The number of H-pyrrole nitrogens is 1. The van der Waals surface area contributed by atoms with Crippen molar-refractivity contribution >= 4 is 33.9 Å². The molecule has 40 heavy (non-hydrogen) atoms. The number of amides is 1. The molecule has 0 saturated heterocycles. The molecule has 0 saturated carbocycles. The van der Waals surface area contributed by atoms with E-state index in [1.54, 1.807) is 39.8 Å². The maximum absolute atomic E-state index is 13.5. The minimum Gasteiger partial charge on any atom is -0.444 e. The topological polar surface area (TPSA) is 111 Å². The monoisotopic (exact) mass is 538 g/mol. The van der Waals surface area contributed by atoms with Crippen molar-refractivity contribution in [3.63, 3.8) is 0 Å². The van der Waals surface area contributed by atoms with E-state index in [1.165, 1.54) is 6.07 Å². The van der Waals surface area contributed by atoms with Crippen molar-refractivity contribution in [2.24, 2.45) is 0 Å². The summed E-state index contributed by atoms with van der Waals surface area (Å²) in [5.41, 5.74) is 2.89. The van der Waals surface area contributed by atoms with Gasteiger partial charge in [-0.2, -0.15) is 0 Å². The summed E-state index contributed by atoms with van der Waals surface area (Å²) in [5, 5.41) is 4.32. The molecule has 0 bridgehead atoms. The molecule has 8 heteroatoms. The predicted octanol–water partition coefficient (Wildman–Crippen LogP) is 6.29. The number of carbonyl (C=O) groups excluding carboxylic acids is 2. The number of hydrogen-bond donors (Lipinski definition) is 2. The summed E-state index contributed by atoms with van der Waals surface area (Å²) in [6.45, 7) is 6.96. The van der Waals surface area contributed by atoms with E-state index in [9.17, 15) is 14.4 Å². The predicted molar refractivity (Wildman–Crippen MR) is 153 cm³/mol. The molecule has 0 aliphatic heterocycles. The molecule has 8 nitrogen and oxygen atoms in total. The molecular formula is C32H30N2O6. The minimum absolute atomic E-state index is 0.169. The fraction of sp³-hybridized carbons (Fsp3) is 0.219. The number of rotatable bonds is 6. The SMILES string of the molecule is Cc1c(OC(=O)C(Cc2c[nH]c3ccccc23)NC(=O)OC(C)(C)C)ccc2c(-c3ccccc3)cc(=O)oc12. The zero-order chi connectivity index (χ0) is 28.4. The van der Waals surface area contributed by atoms with E-state index in [1.807, 2.05) is 60.8 Å². The van der Waals surface area contributed by atoms with Crippen LogP contribution in [0.1, 0.15) is 31.9 Å². The summed E-state index contributed by atoms with van der Waals surface area (Å²) in [7, 11) is 0. The van der Waals surface area contributed by atoms with Crippen molar-refractivity contribution in [3.05, 3.63) is 101 Å². The Morgan fingerprint density at radius 3 is 2.45 bits per heavy atom. The van der Waals surface area contributed by atoms with Crippen LogP contribution in [0.5, 0.6) is 5.75 Å². The second kappa shape index (κ2) is 10.7.